The molecule has 0 amide bonds. The fourth-order valence-electron chi connectivity index (χ4n) is 1.37. The molecule has 1 aromatic carbocycles. The maximum atomic E-state index is 13.2. The van der Waals surface area contributed by atoms with Crippen LogP contribution in [-0.2, 0) is 6.42 Å². The molecule has 0 fully saturated rings. The summed E-state index contributed by atoms with van der Waals surface area (Å²) in [5.74, 6) is -0.373. The highest BCUT2D eigenvalue weighted by Gasteiger charge is 2.11. The molecule has 0 atom stereocenters. The number of hydrogen-bond acceptors (Lipinski definition) is 2. The van der Waals surface area contributed by atoms with E-state index in [4.69, 9.17) is 4.74 Å². The summed E-state index contributed by atoms with van der Waals surface area (Å²) in [4.78, 5) is 11.2. The first-order valence-corrected chi connectivity index (χ1v) is 4.47. The number of carbonyl (C=O) groups excluding carboxylic acids is 1. The van der Waals surface area contributed by atoms with Crippen LogP contribution in [0.15, 0.2) is 12.1 Å². The van der Waals surface area contributed by atoms with Crippen molar-refractivity contribution in [2.45, 2.75) is 20.3 Å². The van der Waals surface area contributed by atoms with Gasteiger partial charge in [-0.2, -0.15) is 0 Å². The second-order valence-electron chi connectivity index (χ2n) is 3.05. The van der Waals surface area contributed by atoms with Crippen LogP contribution in [0.2, 0.25) is 0 Å². The monoisotopic (exact) mass is 196 g/mol. The van der Waals surface area contributed by atoms with Crippen molar-refractivity contribution in [1.82, 2.24) is 0 Å². The van der Waals surface area contributed by atoms with Gasteiger partial charge in [0.2, 0.25) is 0 Å². The number of hydrogen-bond donors (Lipinski definition) is 0. The van der Waals surface area contributed by atoms with Crippen LogP contribution in [0.5, 0.6) is 5.75 Å². The molecule has 0 saturated carbocycles. The fourth-order valence-corrected chi connectivity index (χ4v) is 1.37. The van der Waals surface area contributed by atoms with Gasteiger partial charge in [0.05, 0.1) is 7.11 Å². The normalized spacial score (nSPS) is 10.0. The number of ether oxygens (including phenoxy) is 1. The summed E-state index contributed by atoms with van der Waals surface area (Å²) in [5, 5.41) is 0. The van der Waals surface area contributed by atoms with Gasteiger partial charge >= 0.3 is 0 Å². The number of halogens is 1. The van der Waals surface area contributed by atoms with Gasteiger partial charge in [0.15, 0.2) is 17.3 Å². The smallest absolute Gasteiger partial charge is 0.165 e. The van der Waals surface area contributed by atoms with E-state index < -0.39 is 5.82 Å². The van der Waals surface area contributed by atoms with E-state index in [9.17, 15) is 9.18 Å². The van der Waals surface area contributed by atoms with Gasteiger partial charge in [0.25, 0.3) is 0 Å². The molecule has 0 N–H and O–H groups in total. The van der Waals surface area contributed by atoms with Crippen LogP contribution in [0.1, 0.15) is 29.8 Å². The van der Waals surface area contributed by atoms with Crippen LogP contribution >= 0.6 is 0 Å². The molecule has 2 nitrogen and oxygen atoms in total. The number of Topliss-reactive ketones (excluding diaryl/α,β-unsaturated/α-hetero) is 1. The molecule has 14 heavy (non-hydrogen) atoms. The van der Waals surface area contributed by atoms with E-state index in [0.717, 1.165) is 5.56 Å². The molecule has 0 radical (unpaired) electrons. The van der Waals surface area contributed by atoms with Gasteiger partial charge in [0, 0.05) is 5.56 Å². The Morgan fingerprint density at radius 2 is 2.14 bits per heavy atom. The molecule has 0 spiro atoms. The lowest BCUT2D eigenvalue weighted by molar-refractivity contribution is 0.101. The lowest BCUT2D eigenvalue weighted by Crippen LogP contribution is -2.01. The van der Waals surface area contributed by atoms with Crippen molar-refractivity contribution in [3.05, 3.63) is 29.1 Å². The van der Waals surface area contributed by atoms with Gasteiger partial charge in [0.1, 0.15) is 0 Å². The van der Waals surface area contributed by atoms with Gasteiger partial charge < -0.3 is 4.74 Å². The Kier molecular flexibility index (Phi) is 3.23. The summed E-state index contributed by atoms with van der Waals surface area (Å²) in [6.45, 7) is 3.35. The van der Waals surface area contributed by atoms with E-state index in [0.29, 0.717) is 12.0 Å². The Morgan fingerprint density at radius 3 is 2.57 bits per heavy atom. The summed E-state index contributed by atoms with van der Waals surface area (Å²) in [6.07, 6.45) is 0.635. The Bertz CT molecular complexity index is 359. The van der Waals surface area contributed by atoms with Crippen molar-refractivity contribution >= 4 is 5.78 Å². The first-order valence-electron chi connectivity index (χ1n) is 4.47. The summed E-state index contributed by atoms with van der Waals surface area (Å²) in [5.41, 5.74) is 1.25. The van der Waals surface area contributed by atoms with Crippen molar-refractivity contribution in [3.63, 3.8) is 0 Å². The van der Waals surface area contributed by atoms with E-state index in [2.05, 4.69) is 0 Å². The van der Waals surface area contributed by atoms with Gasteiger partial charge in [-0.3, -0.25) is 4.79 Å². The molecular formula is C11H13FO2. The van der Waals surface area contributed by atoms with Crippen LogP contribution in [0.25, 0.3) is 0 Å². The fraction of sp³-hybridized carbons (Fsp3) is 0.364. The third-order valence-electron chi connectivity index (χ3n) is 2.14. The first-order chi connectivity index (χ1) is 6.60. The lowest BCUT2D eigenvalue weighted by atomic mass is 10.0. The molecule has 0 bridgehead atoms. The Hall–Kier alpha value is -1.38. The maximum Gasteiger partial charge on any atom is 0.165 e. The molecule has 0 aliphatic heterocycles. The molecular weight excluding hydrogens is 183 g/mol. The van der Waals surface area contributed by atoms with E-state index in [1.165, 1.54) is 26.2 Å². The highest BCUT2D eigenvalue weighted by atomic mass is 19.1. The number of rotatable bonds is 3. The third-order valence-corrected chi connectivity index (χ3v) is 2.14. The van der Waals surface area contributed by atoms with Crippen LogP contribution < -0.4 is 4.74 Å². The lowest BCUT2D eigenvalue weighted by Gasteiger charge is -2.08. The van der Waals surface area contributed by atoms with E-state index >= 15 is 0 Å². The first kappa shape index (κ1) is 10.7. The van der Waals surface area contributed by atoms with E-state index in [-0.39, 0.29) is 11.5 Å². The second-order valence-corrected chi connectivity index (χ2v) is 3.05. The van der Waals surface area contributed by atoms with Crippen molar-refractivity contribution in [3.8, 4) is 5.75 Å². The molecule has 76 valence electrons. The number of aryl methyl sites for hydroxylation is 1. The van der Waals surface area contributed by atoms with Crippen molar-refractivity contribution in [2.75, 3.05) is 7.11 Å². The Morgan fingerprint density at radius 1 is 1.50 bits per heavy atom. The summed E-state index contributed by atoms with van der Waals surface area (Å²) in [7, 11) is 1.38. The topological polar surface area (TPSA) is 26.3 Å². The summed E-state index contributed by atoms with van der Waals surface area (Å²) < 4.78 is 18.1. The van der Waals surface area contributed by atoms with Crippen LogP contribution in [0.4, 0.5) is 4.39 Å². The molecule has 0 unspecified atom stereocenters. The zero-order chi connectivity index (χ0) is 10.7. The number of ketones is 1. The molecule has 1 rings (SSSR count). The van der Waals surface area contributed by atoms with Crippen molar-refractivity contribution in [2.24, 2.45) is 0 Å². The van der Waals surface area contributed by atoms with Crippen molar-refractivity contribution in [1.29, 1.82) is 0 Å². The molecule has 0 heterocycles. The van der Waals surface area contributed by atoms with Gasteiger partial charge in [-0.05, 0) is 31.0 Å². The Balaban J connectivity index is 3.32. The van der Waals surface area contributed by atoms with Crippen molar-refractivity contribution < 1.29 is 13.9 Å². The van der Waals surface area contributed by atoms with E-state index in [1.807, 2.05) is 6.92 Å². The standard InChI is InChI=1S/C11H13FO2/c1-4-8-5-10(12)11(14-3)6-9(8)7(2)13/h5-6H,4H2,1-3H3. The Labute approximate surface area is 82.7 Å². The number of carbonyl (C=O) groups is 1. The number of benzene rings is 1. The third kappa shape index (κ3) is 1.92. The average molecular weight is 196 g/mol. The highest BCUT2D eigenvalue weighted by molar-refractivity contribution is 5.96. The SMILES string of the molecule is CCc1cc(F)c(OC)cc1C(C)=O. The maximum absolute atomic E-state index is 13.2. The molecule has 0 aromatic heterocycles. The predicted octanol–water partition coefficient (Wildman–Crippen LogP) is 2.60. The zero-order valence-corrected chi connectivity index (χ0v) is 8.56. The predicted molar refractivity (Wildman–Crippen MR) is 52.3 cm³/mol. The molecule has 0 aliphatic carbocycles. The van der Waals surface area contributed by atoms with Crippen LogP contribution in [0, 0.1) is 5.82 Å². The minimum Gasteiger partial charge on any atom is -0.494 e. The molecule has 0 saturated heterocycles. The van der Waals surface area contributed by atoms with Crippen LogP contribution in [-0.4, -0.2) is 12.9 Å². The zero-order valence-electron chi connectivity index (χ0n) is 8.56. The minimum absolute atomic E-state index is 0.0693. The molecule has 1 aromatic rings. The summed E-state index contributed by atoms with van der Waals surface area (Å²) >= 11 is 0. The van der Waals surface area contributed by atoms with E-state index in [1.54, 1.807) is 0 Å². The van der Waals surface area contributed by atoms with Gasteiger partial charge in [-0.1, -0.05) is 6.92 Å². The average Bonchev–Trinajstić information content (AvgIpc) is 2.16. The number of methoxy groups -OCH3 is 1. The second kappa shape index (κ2) is 4.22. The molecule has 3 heteroatoms. The van der Waals surface area contributed by atoms with Gasteiger partial charge in [-0.15, -0.1) is 0 Å². The quantitative estimate of drug-likeness (QED) is 0.694. The highest BCUT2D eigenvalue weighted by Crippen LogP contribution is 2.22. The van der Waals surface area contributed by atoms with Gasteiger partial charge in [-0.25, -0.2) is 4.39 Å². The summed E-state index contributed by atoms with van der Waals surface area (Å²) in [6, 6.07) is 2.81. The van der Waals surface area contributed by atoms with Crippen LogP contribution in [0.3, 0.4) is 0 Å². The minimum atomic E-state index is -0.422. The molecule has 0 aliphatic rings. The largest absolute Gasteiger partial charge is 0.494 e.